The number of esters is 1. The van der Waals surface area contributed by atoms with E-state index >= 15 is 0 Å². The van der Waals surface area contributed by atoms with Gasteiger partial charge in [0, 0.05) is 0 Å². The fraction of sp³-hybridized carbons (Fsp3) is 0.188. The molecule has 112 valence electrons. The van der Waals surface area contributed by atoms with Gasteiger partial charge in [-0.05, 0) is 41.4 Å². The lowest BCUT2D eigenvalue weighted by molar-refractivity contribution is 0.0600. The zero-order chi connectivity index (χ0) is 15.7. The summed E-state index contributed by atoms with van der Waals surface area (Å²) in [6, 6.07) is 9.50. The molecule has 2 aromatic carbocycles. The van der Waals surface area contributed by atoms with Crippen LogP contribution in [0.3, 0.4) is 0 Å². The second-order valence-corrected chi connectivity index (χ2v) is 5.05. The molecule has 0 amide bonds. The molecule has 1 aliphatic rings. The Morgan fingerprint density at radius 1 is 1.27 bits per heavy atom. The van der Waals surface area contributed by atoms with Crippen molar-refractivity contribution in [2.45, 2.75) is 13.4 Å². The van der Waals surface area contributed by atoms with Crippen LogP contribution in [-0.4, -0.2) is 20.0 Å². The van der Waals surface area contributed by atoms with Gasteiger partial charge in [-0.2, -0.15) is 0 Å². The number of hydrogen-bond donors (Lipinski definition) is 0. The third kappa shape index (κ3) is 2.70. The van der Waals surface area contributed by atoms with Gasteiger partial charge in [0.05, 0.1) is 19.3 Å². The zero-order valence-corrected chi connectivity index (χ0v) is 12.3. The molecule has 0 saturated heterocycles. The topological polar surface area (TPSA) is 44.8 Å². The van der Waals surface area contributed by atoms with E-state index in [0.717, 1.165) is 17.1 Å². The van der Waals surface area contributed by atoms with E-state index in [9.17, 15) is 9.18 Å². The number of ether oxygens (including phenoxy) is 2. The molecule has 1 aliphatic heterocycles. The van der Waals surface area contributed by atoms with Crippen LogP contribution in [0.4, 0.5) is 4.39 Å². The SMILES string of the molecule is COC(=O)c1ccc(Oc2ccc3c(c2)COB3C)c(F)c1. The van der Waals surface area contributed by atoms with Gasteiger partial charge in [0.25, 0.3) is 0 Å². The van der Waals surface area contributed by atoms with Crippen LogP contribution in [0, 0.1) is 5.82 Å². The third-order valence-corrected chi connectivity index (χ3v) is 3.62. The molecule has 0 bridgehead atoms. The van der Waals surface area contributed by atoms with E-state index in [4.69, 9.17) is 9.39 Å². The van der Waals surface area contributed by atoms with Gasteiger partial charge in [0.15, 0.2) is 11.6 Å². The minimum Gasteiger partial charge on any atom is -0.465 e. The summed E-state index contributed by atoms with van der Waals surface area (Å²) >= 11 is 0. The molecule has 0 saturated carbocycles. The van der Waals surface area contributed by atoms with Crippen LogP contribution in [0.15, 0.2) is 36.4 Å². The Kier molecular flexibility index (Phi) is 3.85. The molecule has 0 aliphatic carbocycles. The van der Waals surface area contributed by atoms with Gasteiger partial charge in [-0.25, -0.2) is 9.18 Å². The fourth-order valence-corrected chi connectivity index (χ4v) is 2.43. The number of hydrogen-bond acceptors (Lipinski definition) is 4. The summed E-state index contributed by atoms with van der Waals surface area (Å²) in [6.07, 6.45) is 0. The summed E-state index contributed by atoms with van der Waals surface area (Å²) in [5.74, 6) is -0.622. The number of carbonyl (C=O) groups is 1. The predicted molar refractivity (Wildman–Crippen MR) is 80.3 cm³/mol. The van der Waals surface area contributed by atoms with Gasteiger partial charge in [-0.3, -0.25) is 0 Å². The van der Waals surface area contributed by atoms with E-state index in [-0.39, 0.29) is 18.2 Å². The quantitative estimate of drug-likeness (QED) is 0.646. The Morgan fingerprint density at radius 2 is 2.09 bits per heavy atom. The highest BCUT2D eigenvalue weighted by atomic mass is 19.1. The van der Waals surface area contributed by atoms with Gasteiger partial charge in [-0.1, -0.05) is 12.9 Å². The fourth-order valence-electron chi connectivity index (χ4n) is 2.43. The first-order valence-electron chi connectivity index (χ1n) is 6.88. The molecule has 0 aromatic heterocycles. The molecule has 4 nitrogen and oxygen atoms in total. The van der Waals surface area contributed by atoms with E-state index in [0.29, 0.717) is 12.4 Å². The second kappa shape index (κ2) is 5.81. The lowest BCUT2D eigenvalue weighted by Gasteiger charge is -2.09. The van der Waals surface area contributed by atoms with Crippen LogP contribution in [0.1, 0.15) is 15.9 Å². The summed E-state index contributed by atoms with van der Waals surface area (Å²) in [6.45, 7) is 2.58. The molecule has 0 N–H and O–H groups in total. The Hall–Kier alpha value is -2.34. The average Bonchev–Trinajstić information content (AvgIpc) is 2.89. The largest absolute Gasteiger partial charge is 0.465 e. The summed E-state index contributed by atoms with van der Waals surface area (Å²) in [7, 11) is 1.25. The van der Waals surface area contributed by atoms with Crippen LogP contribution in [0.25, 0.3) is 0 Å². The number of carbonyl (C=O) groups excluding carboxylic acids is 1. The minimum atomic E-state index is -0.618. The van der Waals surface area contributed by atoms with E-state index < -0.39 is 11.8 Å². The van der Waals surface area contributed by atoms with Crippen molar-refractivity contribution in [1.29, 1.82) is 0 Å². The highest BCUT2D eigenvalue weighted by molar-refractivity contribution is 6.67. The van der Waals surface area contributed by atoms with E-state index in [1.54, 1.807) is 6.07 Å². The van der Waals surface area contributed by atoms with Crippen molar-refractivity contribution in [3.05, 3.63) is 53.3 Å². The molecule has 3 rings (SSSR count). The lowest BCUT2D eigenvalue weighted by atomic mass is 9.64. The standard InChI is InChI=1S/C16H14BFO4/c1-17-13-5-4-12(7-11(13)9-21-17)22-15-6-3-10(8-14(15)18)16(19)20-2/h3-8H,9H2,1-2H3. The van der Waals surface area contributed by atoms with Gasteiger partial charge >= 0.3 is 12.9 Å². The Balaban J connectivity index is 1.83. The van der Waals surface area contributed by atoms with E-state index in [1.807, 2.05) is 19.0 Å². The van der Waals surface area contributed by atoms with Crippen molar-refractivity contribution in [2.24, 2.45) is 0 Å². The average molecular weight is 300 g/mol. The third-order valence-electron chi connectivity index (χ3n) is 3.62. The van der Waals surface area contributed by atoms with Gasteiger partial charge < -0.3 is 14.1 Å². The first-order chi connectivity index (χ1) is 10.6. The number of halogens is 1. The molecule has 0 spiro atoms. The van der Waals surface area contributed by atoms with Gasteiger partial charge in [0.1, 0.15) is 5.75 Å². The summed E-state index contributed by atoms with van der Waals surface area (Å²) < 4.78 is 29.6. The van der Waals surface area contributed by atoms with Crippen LogP contribution in [-0.2, 0) is 16.0 Å². The number of fused-ring (bicyclic) bond motifs is 1. The molecule has 0 radical (unpaired) electrons. The first kappa shape index (κ1) is 14.6. The summed E-state index contributed by atoms with van der Waals surface area (Å²) in [4.78, 5) is 11.4. The second-order valence-electron chi connectivity index (χ2n) is 5.05. The monoisotopic (exact) mass is 300 g/mol. The van der Waals surface area contributed by atoms with Gasteiger partial charge in [0.2, 0.25) is 0 Å². The molecule has 0 atom stereocenters. The maximum atomic E-state index is 14.0. The molecule has 6 heteroatoms. The van der Waals surface area contributed by atoms with Crippen molar-refractivity contribution >= 4 is 18.3 Å². The van der Waals surface area contributed by atoms with E-state index in [2.05, 4.69) is 4.74 Å². The normalized spacial score (nSPS) is 13.0. The smallest absolute Gasteiger partial charge is 0.337 e. The number of benzene rings is 2. The molecule has 2 aromatic rings. The summed E-state index contributed by atoms with van der Waals surface area (Å²) in [5.41, 5.74) is 2.30. The molecular weight excluding hydrogens is 286 g/mol. The highest BCUT2D eigenvalue weighted by Gasteiger charge is 2.23. The maximum absolute atomic E-state index is 14.0. The maximum Gasteiger partial charge on any atom is 0.337 e. The van der Waals surface area contributed by atoms with Crippen molar-refractivity contribution in [2.75, 3.05) is 7.11 Å². The Bertz CT molecular complexity index is 732. The van der Waals surface area contributed by atoms with Crippen molar-refractivity contribution in [3.63, 3.8) is 0 Å². The van der Waals surface area contributed by atoms with Crippen LogP contribution in [0.2, 0.25) is 6.82 Å². The molecule has 1 heterocycles. The summed E-state index contributed by atoms with van der Waals surface area (Å²) in [5, 5.41) is 0. The Labute approximate surface area is 127 Å². The molecule has 22 heavy (non-hydrogen) atoms. The van der Waals surface area contributed by atoms with Crippen molar-refractivity contribution in [1.82, 2.24) is 0 Å². The van der Waals surface area contributed by atoms with E-state index in [1.165, 1.54) is 19.2 Å². The van der Waals surface area contributed by atoms with Crippen LogP contribution in [0.5, 0.6) is 11.5 Å². The van der Waals surface area contributed by atoms with Crippen LogP contribution < -0.4 is 10.2 Å². The highest BCUT2D eigenvalue weighted by Crippen LogP contribution is 2.27. The first-order valence-corrected chi connectivity index (χ1v) is 6.88. The lowest BCUT2D eigenvalue weighted by Crippen LogP contribution is -2.23. The minimum absolute atomic E-state index is 0.0552. The predicted octanol–water partition coefficient (Wildman–Crippen LogP) is 2.76. The molecule has 0 unspecified atom stereocenters. The number of rotatable bonds is 3. The van der Waals surface area contributed by atoms with Crippen molar-refractivity contribution in [3.8, 4) is 11.5 Å². The van der Waals surface area contributed by atoms with Crippen LogP contribution >= 0.6 is 0 Å². The molecule has 0 fully saturated rings. The Morgan fingerprint density at radius 3 is 2.82 bits per heavy atom. The molecular formula is C16H14BFO4. The van der Waals surface area contributed by atoms with Crippen molar-refractivity contribution < 1.29 is 23.3 Å². The van der Waals surface area contributed by atoms with Gasteiger partial charge in [-0.15, -0.1) is 0 Å². The zero-order valence-electron chi connectivity index (χ0n) is 12.3. The number of methoxy groups -OCH3 is 1.